The Bertz CT molecular complexity index is 1090. The van der Waals surface area contributed by atoms with Crippen molar-refractivity contribution in [2.45, 2.75) is 38.8 Å². The largest absolute Gasteiger partial charge is 0.483 e. The summed E-state index contributed by atoms with van der Waals surface area (Å²) in [5.74, 6) is 1.10. The predicted molar refractivity (Wildman–Crippen MR) is 112 cm³/mol. The number of halogens is 1. The Morgan fingerprint density at radius 2 is 2.07 bits per heavy atom. The zero-order valence-corrected chi connectivity index (χ0v) is 17.5. The van der Waals surface area contributed by atoms with Gasteiger partial charge in [0.25, 0.3) is 5.91 Å². The first-order chi connectivity index (χ1) is 14.4. The number of aromatic nitrogens is 2. The molecule has 2 heterocycles. The fourth-order valence-corrected chi connectivity index (χ4v) is 4.11. The third-order valence-electron chi connectivity index (χ3n) is 5.62. The van der Waals surface area contributed by atoms with Gasteiger partial charge in [0.2, 0.25) is 0 Å². The van der Waals surface area contributed by atoms with Crippen molar-refractivity contribution in [3.8, 4) is 5.75 Å². The van der Waals surface area contributed by atoms with Crippen LogP contribution in [0.25, 0.3) is 11.0 Å². The van der Waals surface area contributed by atoms with Gasteiger partial charge in [-0.05, 0) is 49.9 Å². The molecule has 0 aliphatic carbocycles. The Labute approximate surface area is 174 Å². The molecular formula is C23H26FN3O3. The summed E-state index contributed by atoms with van der Waals surface area (Å²) in [5.41, 5.74) is 3.93. The molecule has 0 saturated carbocycles. The lowest BCUT2D eigenvalue weighted by molar-refractivity contribution is 0.0823. The second-order valence-corrected chi connectivity index (χ2v) is 7.88. The van der Waals surface area contributed by atoms with Gasteiger partial charge in [-0.2, -0.15) is 0 Å². The molecule has 0 fully saturated rings. The third kappa shape index (κ3) is 3.54. The van der Waals surface area contributed by atoms with Gasteiger partial charge in [0.1, 0.15) is 29.0 Å². The lowest BCUT2D eigenvalue weighted by atomic mass is 9.92. The highest BCUT2D eigenvalue weighted by molar-refractivity contribution is 6.01. The Hall–Kier alpha value is -2.93. The average Bonchev–Trinajstić information content (AvgIpc) is 3.06. The maximum absolute atomic E-state index is 13.4. The molecule has 0 bridgehead atoms. The molecular weight excluding hydrogens is 385 g/mol. The molecule has 1 unspecified atom stereocenters. The summed E-state index contributed by atoms with van der Waals surface area (Å²) in [4.78, 5) is 19.1. The van der Waals surface area contributed by atoms with Crippen LogP contribution in [0.4, 0.5) is 4.39 Å². The molecule has 30 heavy (non-hydrogen) atoms. The van der Waals surface area contributed by atoms with E-state index < -0.39 is 0 Å². The van der Waals surface area contributed by atoms with E-state index in [-0.39, 0.29) is 24.4 Å². The number of fused-ring (bicyclic) bond motifs is 3. The van der Waals surface area contributed by atoms with Crippen molar-refractivity contribution in [2.24, 2.45) is 0 Å². The van der Waals surface area contributed by atoms with Crippen LogP contribution in [0, 0.1) is 12.7 Å². The van der Waals surface area contributed by atoms with Crippen molar-refractivity contribution in [1.82, 2.24) is 14.5 Å². The molecule has 4 rings (SSSR count). The zero-order chi connectivity index (χ0) is 21.4. The van der Waals surface area contributed by atoms with Crippen molar-refractivity contribution in [2.75, 3.05) is 20.7 Å². The minimum atomic E-state index is -0.283. The van der Waals surface area contributed by atoms with Crippen molar-refractivity contribution in [3.63, 3.8) is 0 Å². The van der Waals surface area contributed by atoms with Crippen molar-refractivity contribution >= 4 is 16.9 Å². The number of aliphatic hydroxyl groups is 1. The second kappa shape index (κ2) is 8.07. The number of aliphatic hydroxyl groups excluding tert-OH is 1. The number of carbonyl (C=O) groups excluding carboxylic acids is 1. The van der Waals surface area contributed by atoms with Gasteiger partial charge in [0, 0.05) is 38.4 Å². The number of benzene rings is 2. The smallest absolute Gasteiger partial charge is 0.253 e. The van der Waals surface area contributed by atoms with Gasteiger partial charge >= 0.3 is 0 Å². The predicted octanol–water partition coefficient (Wildman–Crippen LogP) is 3.63. The van der Waals surface area contributed by atoms with Crippen LogP contribution in [0.1, 0.15) is 46.3 Å². The first kappa shape index (κ1) is 20.3. The highest BCUT2D eigenvalue weighted by Gasteiger charge is 2.30. The number of amides is 1. The maximum Gasteiger partial charge on any atom is 0.253 e. The topological polar surface area (TPSA) is 67.6 Å². The highest BCUT2D eigenvalue weighted by atomic mass is 19.1. The lowest BCUT2D eigenvalue weighted by Gasteiger charge is -2.29. The van der Waals surface area contributed by atoms with Gasteiger partial charge in [-0.3, -0.25) is 4.79 Å². The molecule has 1 aliphatic heterocycles. The van der Waals surface area contributed by atoms with Crippen LogP contribution in [0.5, 0.6) is 5.75 Å². The number of carbonyl (C=O) groups is 1. The Balaban J connectivity index is 1.88. The monoisotopic (exact) mass is 411 g/mol. The SMILES string of the molecule is Cc1nc2cc(C(=O)N(C)C)c3c(c2n1CCCO)OC(c1ccc(F)cc1)CC3. The number of nitrogens with zero attached hydrogens (tertiary/aromatic N) is 3. The molecule has 1 amide bonds. The molecule has 1 aliphatic rings. The van der Waals surface area contributed by atoms with E-state index in [2.05, 4.69) is 4.98 Å². The standard InChI is InChI=1S/C23H26FN3O3/c1-14-25-19-13-18(23(29)26(2)3)17-9-10-20(15-5-7-16(24)8-6-15)30-22(17)21(19)27(14)11-4-12-28/h5-8,13,20,28H,4,9-12H2,1-3H3. The molecule has 3 aromatic rings. The number of imidazole rings is 1. The summed E-state index contributed by atoms with van der Waals surface area (Å²) < 4.78 is 21.9. The molecule has 7 heteroatoms. The molecule has 1 N–H and O–H groups in total. The molecule has 0 radical (unpaired) electrons. The van der Waals surface area contributed by atoms with Crippen LogP contribution in [0.15, 0.2) is 30.3 Å². The van der Waals surface area contributed by atoms with Gasteiger partial charge in [-0.1, -0.05) is 12.1 Å². The third-order valence-corrected chi connectivity index (χ3v) is 5.62. The maximum atomic E-state index is 13.4. The zero-order valence-electron chi connectivity index (χ0n) is 17.5. The van der Waals surface area contributed by atoms with E-state index in [1.54, 1.807) is 31.1 Å². The van der Waals surface area contributed by atoms with Crippen molar-refractivity contribution in [3.05, 3.63) is 58.7 Å². The van der Waals surface area contributed by atoms with Crippen LogP contribution in [-0.2, 0) is 13.0 Å². The summed E-state index contributed by atoms with van der Waals surface area (Å²) in [6.45, 7) is 2.60. The first-order valence-corrected chi connectivity index (χ1v) is 10.2. The summed E-state index contributed by atoms with van der Waals surface area (Å²) in [6.07, 6.45) is 1.74. The normalized spacial score (nSPS) is 15.7. The lowest BCUT2D eigenvalue weighted by Crippen LogP contribution is -2.25. The van der Waals surface area contributed by atoms with Crippen molar-refractivity contribution < 1.29 is 19.0 Å². The molecule has 1 aromatic heterocycles. The molecule has 0 saturated heterocycles. The minimum absolute atomic E-state index is 0.0809. The minimum Gasteiger partial charge on any atom is -0.483 e. The van der Waals surface area contributed by atoms with Gasteiger partial charge in [-0.25, -0.2) is 9.37 Å². The van der Waals surface area contributed by atoms with Crippen LogP contribution >= 0.6 is 0 Å². The first-order valence-electron chi connectivity index (χ1n) is 10.2. The quantitative estimate of drug-likeness (QED) is 0.696. The summed E-state index contributed by atoms with van der Waals surface area (Å²) in [7, 11) is 3.46. The molecule has 6 nitrogen and oxygen atoms in total. The Kier molecular flexibility index (Phi) is 5.47. The molecule has 1 atom stereocenters. The fourth-order valence-electron chi connectivity index (χ4n) is 4.11. The van der Waals surface area contributed by atoms with E-state index in [1.807, 2.05) is 17.6 Å². The average molecular weight is 411 g/mol. The number of hydrogen-bond acceptors (Lipinski definition) is 4. The number of rotatable bonds is 5. The van der Waals surface area contributed by atoms with E-state index in [0.29, 0.717) is 42.6 Å². The number of hydrogen-bond donors (Lipinski definition) is 1. The summed E-state index contributed by atoms with van der Waals surface area (Å²) >= 11 is 0. The van der Waals surface area contributed by atoms with E-state index in [0.717, 1.165) is 22.5 Å². The summed E-state index contributed by atoms with van der Waals surface area (Å²) in [5, 5.41) is 9.31. The second-order valence-electron chi connectivity index (χ2n) is 7.88. The van der Waals surface area contributed by atoms with E-state index >= 15 is 0 Å². The van der Waals surface area contributed by atoms with E-state index in [4.69, 9.17) is 4.74 Å². The van der Waals surface area contributed by atoms with E-state index in [9.17, 15) is 14.3 Å². The Morgan fingerprint density at radius 1 is 1.33 bits per heavy atom. The molecule has 0 spiro atoms. The van der Waals surface area contributed by atoms with Crippen LogP contribution in [0.2, 0.25) is 0 Å². The van der Waals surface area contributed by atoms with Crippen molar-refractivity contribution in [1.29, 1.82) is 0 Å². The number of aryl methyl sites for hydroxylation is 2. The highest BCUT2D eigenvalue weighted by Crippen LogP contribution is 2.42. The fraction of sp³-hybridized carbons (Fsp3) is 0.391. The van der Waals surface area contributed by atoms with E-state index in [1.165, 1.54) is 12.1 Å². The summed E-state index contributed by atoms with van der Waals surface area (Å²) in [6, 6.07) is 8.20. The van der Waals surface area contributed by atoms with Gasteiger partial charge in [0.05, 0.1) is 5.52 Å². The van der Waals surface area contributed by atoms with Gasteiger partial charge < -0.3 is 19.3 Å². The Morgan fingerprint density at radius 3 is 2.73 bits per heavy atom. The number of ether oxygens (including phenoxy) is 1. The molecule has 2 aromatic carbocycles. The van der Waals surface area contributed by atoms with Gasteiger partial charge in [-0.15, -0.1) is 0 Å². The van der Waals surface area contributed by atoms with Crippen LogP contribution in [0.3, 0.4) is 0 Å². The van der Waals surface area contributed by atoms with Crippen LogP contribution in [-0.4, -0.2) is 46.2 Å². The molecule has 158 valence electrons. The van der Waals surface area contributed by atoms with Gasteiger partial charge in [0.15, 0.2) is 0 Å². The van der Waals surface area contributed by atoms with Crippen LogP contribution < -0.4 is 4.74 Å².